The molecule has 0 aliphatic carbocycles. The van der Waals surface area contributed by atoms with E-state index in [4.69, 9.17) is 0 Å². The Morgan fingerprint density at radius 3 is 2.44 bits per heavy atom. The molecule has 0 radical (unpaired) electrons. The van der Waals surface area contributed by atoms with E-state index in [1.165, 1.54) is 7.11 Å². The van der Waals surface area contributed by atoms with Gasteiger partial charge in [-0.1, -0.05) is 24.1 Å². The largest absolute Gasteiger partial charge is 0.469 e. The molecule has 0 saturated heterocycles. The molecule has 3 nitrogen and oxygen atoms in total. The number of carbonyl (C=O) groups excluding carboxylic acids is 2. The third-order valence-electron chi connectivity index (χ3n) is 2.38. The molecule has 18 heavy (non-hydrogen) atoms. The molecule has 0 amide bonds. The van der Waals surface area contributed by atoms with Crippen LogP contribution in [-0.2, 0) is 14.3 Å². The van der Waals surface area contributed by atoms with E-state index in [9.17, 15) is 9.59 Å². The van der Waals surface area contributed by atoms with Gasteiger partial charge in [-0.05, 0) is 30.9 Å². The van der Waals surface area contributed by atoms with Crippen LogP contribution in [0.2, 0.25) is 0 Å². The summed E-state index contributed by atoms with van der Waals surface area (Å²) in [5.41, 5.74) is 0.834. The van der Waals surface area contributed by atoms with Gasteiger partial charge in [-0.3, -0.25) is 9.59 Å². The zero-order chi connectivity index (χ0) is 13.2. The number of rotatable bonds is 5. The molecule has 0 fully saturated rings. The Labute approximate surface area is 107 Å². The molecule has 0 bridgehead atoms. The van der Waals surface area contributed by atoms with Crippen LogP contribution in [0.5, 0.6) is 0 Å². The number of methoxy groups -OCH3 is 1. The predicted octanol–water partition coefficient (Wildman–Crippen LogP) is 2.34. The smallest absolute Gasteiger partial charge is 0.305 e. The molecular weight excluding hydrogens is 228 g/mol. The molecule has 94 valence electrons. The molecule has 0 saturated carbocycles. The minimum Gasteiger partial charge on any atom is -0.469 e. The van der Waals surface area contributed by atoms with Gasteiger partial charge in [0.25, 0.3) is 0 Å². The van der Waals surface area contributed by atoms with Crippen LogP contribution in [0.4, 0.5) is 0 Å². The zero-order valence-corrected chi connectivity index (χ0v) is 10.4. The highest BCUT2D eigenvalue weighted by Gasteiger charge is 2.01. The Kier molecular flexibility index (Phi) is 6.27. The molecule has 0 aliphatic rings. The summed E-state index contributed by atoms with van der Waals surface area (Å²) in [6.07, 6.45) is 2.07. The standard InChI is InChI=1S/C15H16O3/c1-18-15(17)10-6-5-9-14(16)12-11-13-7-3-2-4-8-13/h2-4,7-8H,5-6,9-10H2,1H3. The lowest BCUT2D eigenvalue weighted by Gasteiger charge is -1.97. The molecule has 0 atom stereocenters. The minimum atomic E-state index is -0.238. The number of benzene rings is 1. The fourth-order valence-corrected chi connectivity index (χ4v) is 1.38. The number of carbonyl (C=O) groups is 2. The molecule has 1 rings (SSSR count). The highest BCUT2D eigenvalue weighted by molar-refractivity contribution is 5.95. The first-order valence-corrected chi connectivity index (χ1v) is 5.89. The number of unbranched alkanes of at least 4 members (excludes halogenated alkanes) is 1. The van der Waals surface area contributed by atoms with Crippen LogP contribution in [0.1, 0.15) is 31.2 Å². The van der Waals surface area contributed by atoms with Crippen molar-refractivity contribution >= 4 is 11.8 Å². The van der Waals surface area contributed by atoms with E-state index >= 15 is 0 Å². The van der Waals surface area contributed by atoms with Gasteiger partial charge in [0.05, 0.1) is 7.11 Å². The van der Waals surface area contributed by atoms with Crippen LogP contribution >= 0.6 is 0 Å². The summed E-state index contributed by atoms with van der Waals surface area (Å²) in [6.45, 7) is 0. The number of Topliss-reactive ketones (excluding diaryl/α,β-unsaturated/α-hetero) is 1. The molecule has 0 spiro atoms. The molecular formula is C15H16O3. The molecule has 0 N–H and O–H groups in total. The fourth-order valence-electron chi connectivity index (χ4n) is 1.38. The molecule has 1 aromatic rings. The molecule has 0 aliphatic heterocycles. The molecule has 1 aromatic carbocycles. The van der Waals surface area contributed by atoms with Gasteiger partial charge in [-0.15, -0.1) is 0 Å². The van der Waals surface area contributed by atoms with Crippen LogP contribution < -0.4 is 0 Å². The number of ketones is 1. The second kappa shape index (κ2) is 8.08. The second-order valence-corrected chi connectivity index (χ2v) is 3.82. The van der Waals surface area contributed by atoms with Gasteiger partial charge in [0.15, 0.2) is 0 Å². The lowest BCUT2D eigenvalue weighted by Crippen LogP contribution is -2.00. The van der Waals surface area contributed by atoms with Crippen molar-refractivity contribution in [3.05, 3.63) is 35.9 Å². The second-order valence-electron chi connectivity index (χ2n) is 3.82. The van der Waals surface area contributed by atoms with Gasteiger partial charge in [-0.2, -0.15) is 0 Å². The van der Waals surface area contributed by atoms with E-state index in [1.54, 1.807) is 0 Å². The monoisotopic (exact) mass is 244 g/mol. The SMILES string of the molecule is COC(=O)CCCCC(=O)C#Cc1ccccc1. The molecule has 0 unspecified atom stereocenters. The Balaban J connectivity index is 2.26. The van der Waals surface area contributed by atoms with E-state index in [0.29, 0.717) is 25.7 Å². The topological polar surface area (TPSA) is 43.4 Å². The summed E-state index contributed by atoms with van der Waals surface area (Å²) in [6, 6.07) is 9.38. The van der Waals surface area contributed by atoms with Crippen LogP contribution in [0.15, 0.2) is 30.3 Å². The summed E-state index contributed by atoms with van der Waals surface area (Å²) in [4.78, 5) is 22.3. The quantitative estimate of drug-likeness (QED) is 0.453. The third-order valence-corrected chi connectivity index (χ3v) is 2.38. The summed E-state index contributed by atoms with van der Waals surface area (Å²) in [5.74, 6) is 5.08. The summed E-state index contributed by atoms with van der Waals surface area (Å²) >= 11 is 0. The van der Waals surface area contributed by atoms with E-state index < -0.39 is 0 Å². The van der Waals surface area contributed by atoms with E-state index in [-0.39, 0.29) is 11.8 Å². The normalized spacial score (nSPS) is 9.17. The first-order chi connectivity index (χ1) is 8.72. The van der Waals surface area contributed by atoms with Crippen molar-refractivity contribution in [2.75, 3.05) is 7.11 Å². The first-order valence-electron chi connectivity index (χ1n) is 5.89. The van der Waals surface area contributed by atoms with E-state index in [2.05, 4.69) is 16.6 Å². The van der Waals surface area contributed by atoms with Gasteiger partial charge >= 0.3 is 5.97 Å². The zero-order valence-electron chi connectivity index (χ0n) is 10.4. The summed E-state index contributed by atoms with van der Waals surface area (Å²) in [5, 5.41) is 0. The van der Waals surface area contributed by atoms with Gasteiger partial charge in [0, 0.05) is 18.4 Å². The van der Waals surface area contributed by atoms with E-state index in [0.717, 1.165) is 5.56 Å². The molecule has 3 heteroatoms. The van der Waals surface area contributed by atoms with Crippen molar-refractivity contribution in [2.45, 2.75) is 25.7 Å². The van der Waals surface area contributed by atoms with Crippen LogP contribution in [0.3, 0.4) is 0 Å². The summed E-state index contributed by atoms with van der Waals surface area (Å²) in [7, 11) is 1.36. The lowest BCUT2D eigenvalue weighted by molar-refractivity contribution is -0.140. The van der Waals surface area contributed by atoms with Crippen LogP contribution in [0, 0.1) is 11.8 Å². The predicted molar refractivity (Wildman–Crippen MR) is 68.8 cm³/mol. The van der Waals surface area contributed by atoms with Crippen molar-refractivity contribution in [3.8, 4) is 11.8 Å². The Bertz CT molecular complexity index is 452. The number of hydrogen-bond acceptors (Lipinski definition) is 3. The Hall–Kier alpha value is -2.08. The Morgan fingerprint density at radius 1 is 1.11 bits per heavy atom. The molecule has 0 heterocycles. The van der Waals surface area contributed by atoms with Crippen molar-refractivity contribution < 1.29 is 14.3 Å². The maximum Gasteiger partial charge on any atom is 0.305 e. The summed E-state index contributed by atoms with van der Waals surface area (Å²) < 4.78 is 4.51. The van der Waals surface area contributed by atoms with Crippen LogP contribution in [0.25, 0.3) is 0 Å². The molecule has 0 aromatic heterocycles. The highest BCUT2D eigenvalue weighted by atomic mass is 16.5. The minimum absolute atomic E-state index is 0.0938. The fraction of sp³-hybridized carbons (Fsp3) is 0.333. The van der Waals surface area contributed by atoms with E-state index in [1.807, 2.05) is 30.3 Å². The van der Waals surface area contributed by atoms with Crippen molar-refractivity contribution in [1.29, 1.82) is 0 Å². The van der Waals surface area contributed by atoms with Gasteiger partial charge in [0.1, 0.15) is 0 Å². The van der Waals surface area contributed by atoms with Gasteiger partial charge in [0.2, 0.25) is 5.78 Å². The lowest BCUT2D eigenvalue weighted by atomic mass is 10.1. The maximum absolute atomic E-state index is 11.4. The first kappa shape index (κ1) is 14.0. The maximum atomic E-state index is 11.4. The average Bonchev–Trinajstić information content (AvgIpc) is 2.42. The number of esters is 1. The Morgan fingerprint density at radius 2 is 1.78 bits per heavy atom. The number of ether oxygens (including phenoxy) is 1. The van der Waals surface area contributed by atoms with Crippen LogP contribution in [-0.4, -0.2) is 18.9 Å². The highest BCUT2D eigenvalue weighted by Crippen LogP contribution is 2.02. The van der Waals surface area contributed by atoms with Crippen molar-refractivity contribution in [2.24, 2.45) is 0 Å². The number of hydrogen-bond donors (Lipinski definition) is 0. The third kappa shape index (κ3) is 5.86. The average molecular weight is 244 g/mol. The van der Waals surface area contributed by atoms with Crippen molar-refractivity contribution in [3.63, 3.8) is 0 Å². The van der Waals surface area contributed by atoms with Crippen molar-refractivity contribution in [1.82, 2.24) is 0 Å². The van der Waals surface area contributed by atoms with Gasteiger partial charge in [-0.25, -0.2) is 0 Å². The van der Waals surface area contributed by atoms with Gasteiger partial charge < -0.3 is 4.74 Å².